The molecule has 0 aliphatic carbocycles. The second kappa shape index (κ2) is 13.3. The van der Waals surface area contributed by atoms with Gasteiger partial charge in [-0.2, -0.15) is 15.1 Å². The highest BCUT2D eigenvalue weighted by Crippen LogP contribution is 2.58. The van der Waals surface area contributed by atoms with Gasteiger partial charge in [-0.1, -0.05) is 39.0 Å². The van der Waals surface area contributed by atoms with Crippen LogP contribution in [-0.4, -0.2) is 68.2 Å². The summed E-state index contributed by atoms with van der Waals surface area (Å²) >= 11 is 5.85. The average molecular weight is 680 g/mol. The first-order valence-electron chi connectivity index (χ1n) is 13.1. The van der Waals surface area contributed by atoms with Gasteiger partial charge in [0.2, 0.25) is 5.28 Å². The Kier molecular flexibility index (Phi) is 10.3. The predicted molar refractivity (Wildman–Crippen MR) is 152 cm³/mol. The number of ether oxygens (including phenoxy) is 2. The molecule has 0 amide bonds. The van der Waals surface area contributed by atoms with Crippen molar-refractivity contribution in [2.24, 2.45) is 5.41 Å². The summed E-state index contributed by atoms with van der Waals surface area (Å²) in [5.74, 6) is -0.997. The van der Waals surface area contributed by atoms with Gasteiger partial charge < -0.3 is 34.3 Å². The average Bonchev–Trinajstić information content (AvgIpc) is 3.46. The van der Waals surface area contributed by atoms with Crippen molar-refractivity contribution in [1.29, 1.82) is 0 Å². The highest BCUT2D eigenvalue weighted by atomic mass is 35.5. The van der Waals surface area contributed by atoms with E-state index in [1.165, 1.54) is 31.2 Å². The van der Waals surface area contributed by atoms with Crippen molar-refractivity contribution in [2.75, 3.05) is 18.9 Å². The number of esters is 1. The fourth-order valence-electron chi connectivity index (χ4n) is 3.87. The van der Waals surface area contributed by atoms with Crippen molar-refractivity contribution in [3.05, 3.63) is 41.9 Å². The molecule has 2 aromatic heterocycles. The van der Waals surface area contributed by atoms with E-state index in [0.717, 1.165) is 10.9 Å². The number of anilines is 1. The number of rotatable bonds is 12. The minimum absolute atomic E-state index is 0.00182. The molecule has 3 heterocycles. The van der Waals surface area contributed by atoms with Crippen molar-refractivity contribution in [3.8, 4) is 5.75 Å². The van der Waals surface area contributed by atoms with Gasteiger partial charge in [0, 0.05) is 0 Å². The number of carbonyl (C=O) groups excluding carboxylic acids is 1. The summed E-state index contributed by atoms with van der Waals surface area (Å²) in [6.45, 7) is 5.80. The van der Waals surface area contributed by atoms with Crippen molar-refractivity contribution < 1.29 is 51.1 Å². The Labute approximate surface area is 256 Å². The van der Waals surface area contributed by atoms with Gasteiger partial charge in [-0.15, -0.1) is 0 Å². The molecule has 1 aliphatic heterocycles. The highest BCUT2D eigenvalue weighted by molar-refractivity contribution is 7.63. The normalized spacial score (nSPS) is 24.0. The Morgan fingerprint density at radius 3 is 2.64 bits per heavy atom. The number of hydrogen-bond acceptors (Lipinski definition) is 14. The number of phosphoric ester groups is 1. The number of carbonyl (C=O) groups is 1. The van der Waals surface area contributed by atoms with Gasteiger partial charge in [-0.05, 0) is 36.1 Å². The molecule has 242 valence electrons. The van der Waals surface area contributed by atoms with Gasteiger partial charge in [0.15, 0.2) is 23.9 Å². The second-order valence-electron chi connectivity index (χ2n) is 10.9. The first-order chi connectivity index (χ1) is 20.5. The minimum Gasteiger partial charge on any atom is -0.756 e. The van der Waals surface area contributed by atoms with Gasteiger partial charge in [-0.3, -0.25) is 13.9 Å². The van der Waals surface area contributed by atoms with E-state index in [-0.39, 0.29) is 40.0 Å². The molecule has 0 spiro atoms. The van der Waals surface area contributed by atoms with Crippen LogP contribution < -0.4 is 20.2 Å². The maximum atomic E-state index is 15.1. The summed E-state index contributed by atoms with van der Waals surface area (Å²) in [6, 6.07) is 6.06. The second-order valence-corrected chi connectivity index (χ2v) is 14.5. The predicted octanol–water partition coefficient (Wildman–Crippen LogP) is 2.91. The maximum absolute atomic E-state index is 15.1. The zero-order chi connectivity index (χ0) is 32.4. The van der Waals surface area contributed by atoms with Crippen LogP contribution in [0.2, 0.25) is 5.28 Å². The van der Waals surface area contributed by atoms with Crippen LogP contribution in [0.15, 0.2) is 36.7 Å². The van der Waals surface area contributed by atoms with Crippen molar-refractivity contribution in [3.63, 3.8) is 0 Å². The largest absolute Gasteiger partial charge is 0.756 e. The smallest absolute Gasteiger partial charge is 0.465 e. The third-order valence-corrected chi connectivity index (χ3v) is 9.36. The van der Waals surface area contributed by atoms with Crippen LogP contribution in [0, 0.1) is 5.41 Å². The van der Waals surface area contributed by atoms with E-state index >= 15 is 4.39 Å². The zero-order valence-corrected chi connectivity index (χ0v) is 26.4. The lowest BCUT2D eigenvalue weighted by atomic mass is 9.99. The standard InChI is InChI=1S/C24H32ClFN6O10P2/c1-13(22(34)38-11-24(2,3)4)31-43(35,41-14-8-6-5-7-9-14)42-44(36,37)39-10-15-18(33)16(26)21(40-15)32-12-28-17-19(27)29-23(25)30-20(17)32/h5-9,12-13,15-16,18,21,33H,10-11H2,1-4H3,(H,31,35)(H,36,37)(H2,27,29,30)/p-1/t13-,15-,16-,18?,21-,43?/m1/s1. The quantitative estimate of drug-likeness (QED) is 0.142. The van der Waals surface area contributed by atoms with Crippen LogP contribution in [0.5, 0.6) is 5.75 Å². The number of aromatic nitrogens is 4. The summed E-state index contributed by atoms with van der Waals surface area (Å²) in [7, 11) is -10.4. The third kappa shape index (κ3) is 8.50. The van der Waals surface area contributed by atoms with Gasteiger partial charge in [0.25, 0.3) is 7.82 Å². The number of alkyl halides is 1. The van der Waals surface area contributed by atoms with Crippen LogP contribution in [-0.2, 0) is 32.2 Å². The number of para-hydroxylation sites is 1. The summed E-state index contributed by atoms with van der Waals surface area (Å²) in [5.41, 5.74) is 5.49. The van der Waals surface area contributed by atoms with Crippen molar-refractivity contribution in [2.45, 2.75) is 58.3 Å². The minimum atomic E-state index is -5.55. The van der Waals surface area contributed by atoms with Gasteiger partial charge in [-0.25, -0.2) is 18.3 Å². The lowest BCUT2D eigenvalue weighted by Gasteiger charge is -2.30. The van der Waals surface area contributed by atoms with Crippen LogP contribution in [0.25, 0.3) is 11.2 Å². The molecule has 3 unspecified atom stereocenters. The molecule has 1 saturated heterocycles. The SMILES string of the molecule is C[C@@H](NP(=O)(Oc1ccccc1)OP(=O)([O-])OC[C@H]1O[C@@H](n2cnc3c(N)nc(Cl)nc32)[C@H](F)C1O)C(=O)OCC(C)(C)C. The van der Waals surface area contributed by atoms with Crippen molar-refractivity contribution in [1.82, 2.24) is 24.6 Å². The molecule has 0 bridgehead atoms. The van der Waals surface area contributed by atoms with Gasteiger partial charge in [0.05, 0.1) is 19.5 Å². The molecule has 16 nitrogen and oxygen atoms in total. The molecule has 0 radical (unpaired) electrons. The summed E-state index contributed by atoms with van der Waals surface area (Å²) in [4.78, 5) is 37.0. The van der Waals surface area contributed by atoms with E-state index < -0.39 is 58.8 Å². The number of halogens is 2. The number of fused-ring (bicyclic) bond motifs is 1. The number of imidazole rings is 1. The molecule has 1 aromatic carbocycles. The summed E-state index contributed by atoms with van der Waals surface area (Å²) in [5, 5.41) is 12.4. The van der Waals surface area contributed by atoms with Crippen LogP contribution in [0.1, 0.15) is 33.9 Å². The fraction of sp³-hybridized carbons (Fsp3) is 0.500. The number of phosphoric acid groups is 1. The molecular formula is C24H31ClFN6O10P2-. The summed E-state index contributed by atoms with van der Waals surface area (Å²) in [6.07, 6.45) is -5.93. The lowest BCUT2D eigenvalue weighted by molar-refractivity contribution is -0.220. The number of nitrogens with two attached hydrogens (primary N) is 1. The van der Waals surface area contributed by atoms with E-state index in [4.69, 9.17) is 40.2 Å². The number of nitrogen functional groups attached to an aromatic ring is 1. The zero-order valence-electron chi connectivity index (χ0n) is 23.9. The van der Waals surface area contributed by atoms with E-state index in [1.54, 1.807) is 6.07 Å². The fourth-order valence-corrected chi connectivity index (χ4v) is 6.97. The molecule has 7 atom stereocenters. The topological polar surface area (TPSA) is 222 Å². The molecule has 20 heteroatoms. The molecule has 3 aromatic rings. The van der Waals surface area contributed by atoms with Crippen molar-refractivity contribution >= 4 is 50.1 Å². The first-order valence-corrected chi connectivity index (χ1v) is 16.4. The lowest BCUT2D eigenvalue weighted by Crippen LogP contribution is -2.36. The number of nitrogens with zero attached hydrogens (tertiary/aromatic N) is 4. The molecule has 4 N–H and O–H groups in total. The first kappa shape index (κ1) is 34.2. The van der Waals surface area contributed by atoms with E-state index in [2.05, 4.69) is 20.0 Å². The van der Waals surface area contributed by atoms with Gasteiger partial charge >= 0.3 is 13.7 Å². The van der Waals surface area contributed by atoms with Crippen LogP contribution in [0.3, 0.4) is 0 Å². The number of benzene rings is 1. The Balaban J connectivity index is 1.46. The Morgan fingerprint density at radius 2 is 1.98 bits per heavy atom. The monoisotopic (exact) mass is 679 g/mol. The number of hydrogen-bond donors (Lipinski definition) is 3. The third-order valence-electron chi connectivity index (χ3n) is 5.92. The van der Waals surface area contributed by atoms with E-state index in [1.807, 2.05) is 20.8 Å². The van der Waals surface area contributed by atoms with Gasteiger partial charge in [0.1, 0.15) is 29.5 Å². The van der Waals surface area contributed by atoms with Crippen LogP contribution in [0.4, 0.5) is 10.2 Å². The molecule has 1 aliphatic rings. The van der Waals surface area contributed by atoms with Crippen LogP contribution >= 0.6 is 27.2 Å². The Morgan fingerprint density at radius 1 is 1.30 bits per heavy atom. The number of nitrogens with one attached hydrogen (secondary N) is 1. The molecule has 1 fully saturated rings. The summed E-state index contributed by atoms with van der Waals surface area (Å²) < 4.78 is 68.3. The Hall–Kier alpha value is -2.72. The number of aliphatic hydroxyl groups excluding tert-OH is 1. The molecule has 4 rings (SSSR count). The molecule has 0 saturated carbocycles. The molecule has 44 heavy (non-hydrogen) atoms. The number of aliphatic hydroxyl groups is 1. The van der Waals surface area contributed by atoms with E-state index in [0.29, 0.717) is 0 Å². The highest BCUT2D eigenvalue weighted by Gasteiger charge is 2.47. The Bertz CT molecular complexity index is 1580. The maximum Gasteiger partial charge on any atom is 0.465 e. The van der Waals surface area contributed by atoms with E-state index in [9.17, 15) is 23.9 Å². The molecular weight excluding hydrogens is 649 g/mol.